The van der Waals surface area contributed by atoms with Gasteiger partial charge >= 0.3 is 12.1 Å². The Morgan fingerprint density at radius 3 is 2.53 bits per heavy atom. The number of aliphatic hydroxyl groups is 1. The number of aliphatic hydroxyl groups excluding tert-OH is 1. The molecule has 1 saturated heterocycles. The van der Waals surface area contributed by atoms with Gasteiger partial charge in [-0.2, -0.15) is 0 Å². The van der Waals surface area contributed by atoms with Gasteiger partial charge in [-0.05, 0) is 27.2 Å². The van der Waals surface area contributed by atoms with Crippen LogP contribution in [-0.4, -0.2) is 64.6 Å². The lowest BCUT2D eigenvalue weighted by Gasteiger charge is -2.35. The maximum absolute atomic E-state index is 11.6. The van der Waals surface area contributed by atoms with Crippen LogP contribution in [0.4, 0.5) is 4.79 Å². The molecule has 7 nitrogen and oxygen atoms in total. The highest BCUT2D eigenvalue weighted by atomic mass is 16.6. The van der Waals surface area contributed by atoms with Gasteiger partial charge in [0.05, 0.1) is 18.7 Å². The standard InChI is InChI=1S/C12H22N2O5/c1-12(2,3)19-11(18)13-8-4-5-14(6-9(8)15)7-10(16)17/h8-9,15H,4-7H2,1-3H3,(H,13,18)(H,16,17)/t8-,9+/m0/s1. The van der Waals surface area contributed by atoms with Crippen LogP contribution in [0.3, 0.4) is 0 Å². The third-order valence-corrected chi connectivity index (χ3v) is 2.73. The maximum Gasteiger partial charge on any atom is 0.407 e. The van der Waals surface area contributed by atoms with Crippen molar-refractivity contribution in [1.82, 2.24) is 10.2 Å². The molecule has 0 unspecified atom stereocenters. The van der Waals surface area contributed by atoms with Crippen molar-refractivity contribution < 1.29 is 24.5 Å². The lowest BCUT2D eigenvalue weighted by Crippen LogP contribution is -2.55. The van der Waals surface area contributed by atoms with Crippen LogP contribution in [0.2, 0.25) is 0 Å². The van der Waals surface area contributed by atoms with Gasteiger partial charge in [-0.3, -0.25) is 9.69 Å². The molecule has 1 rings (SSSR count). The summed E-state index contributed by atoms with van der Waals surface area (Å²) in [5.41, 5.74) is -0.584. The number of aliphatic carboxylic acids is 1. The van der Waals surface area contributed by atoms with Gasteiger partial charge in [0.25, 0.3) is 0 Å². The predicted molar refractivity (Wildman–Crippen MR) is 67.9 cm³/mol. The van der Waals surface area contributed by atoms with Crippen LogP contribution in [0, 0.1) is 0 Å². The summed E-state index contributed by atoms with van der Waals surface area (Å²) in [6.45, 7) is 5.93. The molecule has 0 aromatic heterocycles. The van der Waals surface area contributed by atoms with E-state index in [0.717, 1.165) is 0 Å². The Morgan fingerprint density at radius 2 is 2.05 bits per heavy atom. The summed E-state index contributed by atoms with van der Waals surface area (Å²) < 4.78 is 5.11. The van der Waals surface area contributed by atoms with Crippen molar-refractivity contribution in [2.24, 2.45) is 0 Å². The molecule has 0 bridgehead atoms. The molecule has 0 saturated carbocycles. The molecule has 1 aliphatic rings. The third kappa shape index (κ3) is 5.89. The van der Waals surface area contributed by atoms with Crippen molar-refractivity contribution in [1.29, 1.82) is 0 Å². The summed E-state index contributed by atoms with van der Waals surface area (Å²) >= 11 is 0. The number of amides is 1. The van der Waals surface area contributed by atoms with Gasteiger partial charge in [-0.25, -0.2) is 4.79 Å². The second-order valence-corrected chi connectivity index (χ2v) is 5.74. The Kier molecular flexibility index (Phi) is 5.13. The molecule has 1 fully saturated rings. The van der Waals surface area contributed by atoms with E-state index >= 15 is 0 Å². The number of carboxylic acid groups (broad SMARTS) is 1. The molecule has 1 amide bonds. The third-order valence-electron chi connectivity index (χ3n) is 2.73. The van der Waals surface area contributed by atoms with E-state index in [1.165, 1.54) is 0 Å². The topological polar surface area (TPSA) is 99.1 Å². The molecular weight excluding hydrogens is 252 g/mol. The minimum Gasteiger partial charge on any atom is -0.480 e. The van der Waals surface area contributed by atoms with Crippen molar-refractivity contribution in [2.75, 3.05) is 19.6 Å². The Balaban J connectivity index is 2.41. The van der Waals surface area contributed by atoms with Crippen LogP contribution in [0.1, 0.15) is 27.2 Å². The van der Waals surface area contributed by atoms with Crippen LogP contribution in [-0.2, 0) is 9.53 Å². The average molecular weight is 274 g/mol. The predicted octanol–water partition coefficient (Wildman–Crippen LogP) is 0.0309. The number of piperidine rings is 1. The van der Waals surface area contributed by atoms with E-state index in [1.807, 2.05) is 0 Å². The first-order valence-electron chi connectivity index (χ1n) is 6.29. The fourth-order valence-corrected chi connectivity index (χ4v) is 1.96. The Morgan fingerprint density at radius 1 is 1.42 bits per heavy atom. The second kappa shape index (κ2) is 6.21. The van der Waals surface area contributed by atoms with Gasteiger partial charge in [-0.15, -0.1) is 0 Å². The molecule has 1 heterocycles. The number of likely N-dealkylation sites (tertiary alicyclic amines) is 1. The molecule has 0 radical (unpaired) electrons. The smallest absolute Gasteiger partial charge is 0.407 e. The first kappa shape index (κ1) is 15.7. The quantitative estimate of drug-likeness (QED) is 0.671. The summed E-state index contributed by atoms with van der Waals surface area (Å²) in [5.74, 6) is -0.925. The lowest BCUT2D eigenvalue weighted by molar-refractivity contribution is -0.139. The van der Waals surface area contributed by atoms with E-state index in [-0.39, 0.29) is 13.1 Å². The maximum atomic E-state index is 11.6. The number of carboxylic acids is 1. The first-order valence-corrected chi connectivity index (χ1v) is 6.29. The molecule has 19 heavy (non-hydrogen) atoms. The monoisotopic (exact) mass is 274 g/mol. The highest BCUT2D eigenvalue weighted by molar-refractivity contribution is 5.69. The molecule has 0 aromatic rings. The second-order valence-electron chi connectivity index (χ2n) is 5.74. The van der Waals surface area contributed by atoms with Crippen molar-refractivity contribution in [3.8, 4) is 0 Å². The highest BCUT2D eigenvalue weighted by Gasteiger charge is 2.30. The summed E-state index contributed by atoms with van der Waals surface area (Å²) in [6.07, 6.45) is -0.864. The summed E-state index contributed by atoms with van der Waals surface area (Å²) in [4.78, 5) is 23.8. The van der Waals surface area contributed by atoms with Gasteiger partial charge in [0, 0.05) is 13.1 Å². The van der Waals surface area contributed by atoms with Crippen LogP contribution in [0.15, 0.2) is 0 Å². The van der Waals surface area contributed by atoms with Crippen molar-refractivity contribution in [3.05, 3.63) is 0 Å². The minimum absolute atomic E-state index is 0.101. The van der Waals surface area contributed by atoms with Gasteiger partial charge < -0.3 is 20.3 Å². The number of nitrogens with zero attached hydrogens (tertiary/aromatic N) is 1. The zero-order valence-electron chi connectivity index (χ0n) is 11.5. The normalized spacial score (nSPS) is 24.8. The zero-order valence-corrected chi connectivity index (χ0v) is 11.5. The molecule has 1 aliphatic heterocycles. The lowest BCUT2D eigenvalue weighted by atomic mass is 10.0. The van der Waals surface area contributed by atoms with E-state index in [0.29, 0.717) is 13.0 Å². The van der Waals surface area contributed by atoms with E-state index < -0.39 is 29.8 Å². The number of hydrogen-bond donors (Lipinski definition) is 3. The molecule has 0 aliphatic carbocycles. The number of nitrogens with one attached hydrogen (secondary N) is 1. The van der Waals surface area contributed by atoms with Crippen LogP contribution < -0.4 is 5.32 Å². The Hall–Kier alpha value is -1.34. The molecule has 0 aromatic carbocycles. The molecule has 7 heteroatoms. The molecule has 110 valence electrons. The van der Waals surface area contributed by atoms with Gasteiger partial charge in [-0.1, -0.05) is 0 Å². The van der Waals surface area contributed by atoms with Gasteiger partial charge in [0.2, 0.25) is 0 Å². The van der Waals surface area contributed by atoms with E-state index in [9.17, 15) is 14.7 Å². The zero-order chi connectivity index (χ0) is 14.6. The van der Waals surface area contributed by atoms with E-state index in [2.05, 4.69) is 5.32 Å². The van der Waals surface area contributed by atoms with Crippen LogP contribution >= 0.6 is 0 Å². The Labute approximate surface area is 112 Å². The largest absolute Gasteiger partial charge is 0.480 e. The fourth-order valence-electron chi connectivity index (χ4n) is 1.96. The number of hydrogen-bond acceptors (Lipinski definition) is 5. The number of carbonyl (C=O) groups is 2. The number of alkyl carbamates (subject to hydrolysis) is 1. The first-order chi connectivity index (χ1) is 8.67. The van der Waals surface area contributed by atoms with Crippen LogP contribution in [0.5, 0.6) is 0 Å². The SMILES string of the molecule is CC(C)(C)OC(=O)N[C@H]1CCN(CC(=O)O)C[C@H]1O. The minimum atomic E-state index is -0.925. The molecule has 3 N–H and O–H groups in total. The average Bonchev–Trinajstić information content (AvgIpc) is 2.18. The number of carbonyl (C=O) groups excluding carboxylic acids is 1. The van der Waals surface area contributed by atoms with Crippen molar-refractivity contribution in [2.45, 2.75) is 44.9 Å². The fraction of sp³-hybridized carbons (Fsp3) is 0.833. The number of β-amino-alcohol motifs (C(OH)–C–C–N with tert-alkyl or cyclic N) is 1. The van der Waals surface area contributed by atoms with Gasteiger partial charge in [0.15, 0.2) is 0 Å². The summed E-state index contributed by atoms with van der Waals surface area (Å²) in [5, 5.41) is 21.2. The Bertz CT molecular complexity index is 340. The molecule has 2 atom stereocenters. The summed E-state index contributed by atoms with van der Waals surface area (Å²) in [6, 6.07) is -0.403. The molecule has 0 spiro atoms. The van der Waals surface area contributed by atoms with E-state index in [4.69, 9.17) is 9.84 Å². The number of ether oxygens (including phenoxy) is 1. The summed E-state index contributed by atoms with van der Waals surface area (Å²) in [7, 11) is 0. The van der Waals surface area contributed by atoms with Gasteiger partial charge in [0.1, 0.15) is 5.60 Å². The molecular formula is C12H22N2O5. The van der Waals surface area contributed by atoms with Crippen molar-refractivity contribution in [3.63, 3.8) is 0 Å². The number of rotatable bonds is 3. The van der Waals surface area contributed by atoms with E-state index in [1.54, 1.807) is 25.7 Å². The van der Waals surface area contributed by atoms with Crippen molar-refractivity contribution >= 4 is 12.1 Å². The van der Waals surface area contributed by atoms with Crippen LogP contribution in [0.25, 0.3) is 0 Å². The highest BCUT2D eigenvalue weighted by Crippen LogP contribution is 2.13.